The van der Waals surface area contributed by atoms with Gasteiger partial charge < -0.3 is 32.1 Å². The molecule has 182 valence electrons. The lowest BCUT2D eigenvalue weighted by Gasteiger charge is -2.30. The standard InChI is InChI=1S/C21H37N5O6/c1-11(2)10-14(20(30)26-9-5-6-15(26)21(31)32)25-18(28)13(7-8-16(22)27)24-19(29)17(23)12(3)4/h11-15,17H,5-10,23H2,1-4H3,(H2,22,27)(H,24,29)(H,25,28)(H,31,32). The zero-order valence-electron chi connectivity index (χ0n) is 19.3. The monoisotopic (exact) mass is 455 g/mol. The number of carboxylic acids is 1. The number of amides is 4. The highest BCUT2D eigenvalue weighted by Crippen LogP contribution is 2.20. The van der Waals surface area contributed by atoms with E-state index < -0.39 is 53.8 Å². The van der Waals surface area contributed by atoms with Crippen LogP contribution in [0.1, 0.15) is 59.8 Å². The number of hydrogen-bond acceptors (Lipinski definition) is 6. The zero-order valence-corrected chi connectivity index (χ0v) is 19.3. The van der Waals surface area contributed by atoms with Gasteiger partial charge in [-0.25, -0.2) is 4.79 Å². The van der Waals surface area contributed by atoms with Gasteiger partial charge in [-0.05, 0) is 37.5 Å². The van der Waals surface area contributed by atoms with E-state index in [0.717, 1.165) is 0 Å². The molecule has 11 nitrogen and oxygen atoms in total. The van der Waals surface area contributed by atoms with E-state index in [1.807, 2.05) is 13.8 Å². The van der Waals surface area contributed by atoms with E-state index in [2.05, 4.69) is 10.6 Å². The van der Waals surface area contributed by atoms with Crippen molar-refractivity contribution in [3.8, 4) is 0 Å². The lowest BCUT2D eigenvalue weighted by Crippen LogP contribution is -2.57. The first-order chi connectivity index (χ1) is 14.8. The van der Waals surface area contributed by atoms with Crippen LogP contribution in [0, 0.1) is 11.8 Å². The molecule has 1 saturated heterocycles. The van der Waals surface area contributed by atoms with Gasteiger partial charge in [-0.2, -0.15) is 0 Å². The lowest BCUT2D eigenvalue weighted by molar-refractivity contribution is -0.149. The number of likely N-dealkylation sites (tertiary alicyclic amines) is 1. The van der Waals surface area contributed by atoms with Gasteiger partial charge in [0.25, 0.3) is 0 Å². The number of nitrogens with one attached hydrogen (secondary N) is 2. The maximum Gasteiger partial charge on any atom is 0.326 e. The normalized spacial score (nSPS) is 18.8. The van der Waals surface area contributed by atoms with Gasteiger partial charge in [0.05, 0.1) is 6.04 Å². The Morgan fingerprint density at radius 3 is 2.12 bits per heavy atom. The average Bonchev–Trinajstić information content (AvgIpc) is 3.18. The first-order valence-corrected chi connectivity index (χ1v) is 11.0. The molecule has 0 radical (unpaired) electrons. The van der Waals surface area contributed by atoms with E-state index in [1.54, 1.807) is 13.8 Å². The molecule has 0 aromatic heterocycles. The second-order valence-corrected chi connectivity index (χ2v) is 9.05. The number of carbonyl (C=O) groups excluding carboxylic acids is 4. The number of aliphatic carboxylic acids is 1. The van der Waals surface area contributed by atoms with E-state index in [4.69, 9.17) is 11.5 Å². The molecule has 0 aromatic carbocycles. The van der Waals surface area contributed by atoms with Crippen molar-refractivity contribution in [3.05, 3.63) is 0 Å². The van der Waals surface area contributed by atoms with Crippen LogP contribution in [-0.4, -0.2) is 70.3 Å². The molecule has 32 heavy (non-hydrogen) atoms. The Hall–Kier alpha value is -2.69. The molecule has 0 spiro atoms. The second-order valence-electron chi connectivity index (χ2n) is 9.05. The first kappa shape index (κ1) is 27.3. The summed E-state index contributed by atoms with van der Waals surface area (Å²) in [7, 11) is 0. The number of nitrogens with zero attached hydrogens (tertiary/aromatic N) is 1. The summed E-state index contributed by atoms with van der Waals surface area (Å²) >= 11 is 0. The Bertz CT molecular complexity index is 711. The summed E-state index contributed by atoms with van der Waals surface area (Å²) in [4.78, 5) is 62.5. The molecule has 0 saturated carbocycles. The topological polar surface area (TPSA) is 185 Å². The molecule has 0 bridgehead atoms. The second kappa shape index (κ2) is 12.4. The predicted molar refractivity (Wildman–Crippen MR) is 117 cm³/mol. The van der Waals surface area contributed by atoms with E-state index in [9.17, 15) is 29.1 Å². The van der Waals surface area contributed by atoms with Gasteiger partial charge in [-0.3, -0.25) is 19.2 Å². The van der Waals surface area contributed by atoms with Gasteiger partial charge in [0.15, 0.2) is 0 Å². The Kier molecular flexibility index (Phi) is 10.6. The summed E-state index contributed by atoms with van der Waals surface area (Å²) in [6.07, 6.45) is 1.01. The Morgan fingerprint density at radius 1 is 1.03 bits per heavy atom. The molecular formula is C21H37N5O6. The smallest absolute Gasteiger partial charge is 0.326 e. The summed E-state index contributed by atoms with van der Waals surface area (Å²) in [5, 5.41) is 14.6. The number of nitrogens with two attached hydrogens (primary N) is 2. The molecule has 1 aliphatic rings. The molecule has 4 atom stereocenters. The third kappa shape index (κ3) is 8.10. The van der Waals surface area contributed by atoms with Crippen LogP contribution in [0.5, 0.6) is 0 Å². The summed E-state index contributed by atoms with van der Waals surface area (Å²) in [5.74, 6) is -3.55. The number of rotatable bonds is 12. The molecule has 1 fully saturated rings. The molecule has 4 amide bonds. The minimum atomic E-state index is -1.11. The van der Waals surface area contributed by atoms with Crippen LogP contribution in [-0.2, 0) is 24.0 Å². The molecule has 1 aliphatic heterocycles. The van der Waals surface area contributed by atoms with Gasteiger partial charge in [-0.15, -0.1) is 0 Å². The van der Waals surface area contributed by atoms with Crippen molar-refractivity contribution in [3.63, 3.8) is 0 Å². The molecule has 0 aliphatic carbocycles. The maximum absolute atomic E-state index is 13.1. The van der Waals surface area contributed by atoms with Gasteiger partial charge >= 0.3 is 5.97 Å². The largest absolute Gasteiger partial charge is 0.480 e. The van der Waals surface area contributed by atoms with Crippen LogP contribution in [0.3, 0.4) is 0 Å². The average molecular weight is 456 g/mol. The van der Waals surface area contributed by atoms with Crippen LogP contribution in [0.2, 0.25) is 0 Å². The van der Waals surface area contributed by atoms with Crippen molar-refractivity contribution < 1.29 is 29.1 Å². The molecule has 1 rings (SSSR count). The molecule has 0 aromatic rings. The zero-order chi connectivity index (χ0) is 24.6. The quantitative estimate of drug-likeness (QED) is 0.258. The van der Waals surface area contributed by atoms with Crippen LogP contribution in [0.4, 0.5) is 0 Å². The fraction of sp³-hybridized carbons (Fsp3) is 0.762. The van der Waals surface area contributed by atoms with Gasteiger partial charge in [0.2, 0.25) is 23.6 Å². The first-order valence-electron chi connectivity index (χ1n) is 11.0. The SMILES string of the molecule is CC(C)CC(NC(=O)C(CCC(N)=O)NC(=O)C(N)C(C)C)C(=O)N1CCCC1C(=O)O. The lowest BCUT2D eigenvalue weighted by atomic mass is 10.0. The molecule has 4 unspecified atom stereocenters. The van der Waals surface area contributed by atoms with Crippen molar-refractivity contribution in [1.29, 1.82) is 0 Å². The van der Waals surface area contributed by atoms with Crippen LogP contribution < -0.4 is 22.1 Å². The number of primary amides is 1. The summed E-state index contributed by atoms with van der Waals surface area (Å²) < 4.78 is 0. The summed E-state index contributed by atoms with van der Waals surface area (Å²) in [6.45, 7) is 7.56. The number of carbonyl (C=O) groups is 5. The van der Waals surface area contributed by atoms with Gasteiger partial charge in [-0.1, -0.05) is 27.7 Å². The highest BCUT2D eigenvalue weighted by Gasteiger charge is 2.38. The third-order valence-corrected chi connectivity index (χ3v) is 5.48. The van der Waals surface area contributed by atoms with Gasteiger partial charge in [0.1, 0.15) is 18.1 Å². The maximum atomic E-state index is 13.1. The fourth-order valence-corrected chi connectivity index (χ4v) is 3.58. The van der Waals surface area contributed by atoms with Crippen LogP contribution in [0.15, 0.2) is 0 Å². The van der Waals surface area contributed by atoms with E-state index in [1.165, 1.54) is 4.90 Å². The van der Waals surface area contributed by atoms with Crippen molar-refractivity contribution >= 4 is 29.6 Å². The number of carboxylic acid groups (broad SMARTS) is 1. The van der Waals surface area contributed by atoms with Crippen molar-refractivity contribution in [2.24, 2.45) is 23.3 Å². The van der Waals surface area contributed by atoms with E-state index >= 15 is 0 Å². The van der Waals surface area contributed by atoms with E-state index in [-0.39, 0.29) is 31.1 Å². The third-order valence-electron chi connectivity index (χ3n) is 5.48. The minimum Gasteiger partial charge on any atom is -0.480 e. The molecule has 7 N–H and O–H groups in total. The Morgan fingerprint density at radius 2 is 1.62 bits per heavy atom. The molecule has 11 heteroatoms. The summed E-state index contributed by atoms with van der Waals surface area (Å²) in [6, 6.07) is -3.86. The number of hydrogen-bond donors (Lipinski definition) is 5. The van der Waals surface area contributed by atoms with Gasteiger partial charge in [0, 0.05) is 13.0 Å². The summed E-state index contributed by atoms with van der Waals surface area (Å²) in [5.41, 5.74) is 11.1. The Labute approximate surface area is 188 Å². The Balaban J connectivity index is 3.03. The highest BCUT2D eigenvalue weighted by molar-refractivity contribution is 5.94. The molecular weight excluding hydrogens is 418 g/mol. The van der Waals surface area contributed by atoms with Crippen molar-refractivity contribution in [1.82, 2.24) is 15.5 Å². The fourth-order valence-electron chi connectivity index (χ4n) is 3.58. The van der Waals surface area contributed by atoms with E-state index in [0.29, 0.717) is 19.4 Å². The minimum absolute atomic E-state index is 0.0307. The molecule has 1 heterocycles. The predicted octanol–water partition coefficient (Wildman–Crippen LogP) is -0.673. The highest BCUT2D eigenvalue weighted by atomic mass is 16.4. The van der Waals surface area contributed by atoms with Crippen molar-refractivity contribution in [2.75, 3.05) is 6.54 Å². The van der Waals surface area contributed by atoms with Crippen LogP contribution in [0.25, 0.3) is 0 Å². The van der Waals surface area contributed by atoms with Crippen LogP contribution >= 0.6 is 0 Å². The van der Waals surface area contributed by atoms with Crippen molar-refractivity contribution in [2.45, 2.75) is 84.0 Å².